The fraction of sp³-hybridized carbons (Fsp3) is 1.00. The van der Waals surface area contributed by atoms with Gasteiger partial charge in [0.2, 0.25) is 0 Å². The van der Waals surface area contributed by atoms with Gasteiger partial charge in [0.1, 0.15) is 0 Å². The standard InChI is InChI=1S/C8H19O6PS/c1-7(2)13-15(9,14-8(3)4)6-16(10,11)12-5/h7-8H,6H2,1-5H3. The molecule has 8 heteroatoms. The summed E-state index contributed by atoms with van der Waals surface area (Å²) < 4.78 is 48.9. The van der Waals surface area contributed by atoms with Crippen LogP contribution in [-0.2, 0) is 27.9 Å². The second kappa shape index (κ2) is 6.12. The van der Waals surface area contributed by atoms with E-state index >= 15 is 0 Å². The van der Waals surface area contributed by atoms with Crippen LogP contribution >= 0.6 is 7.60 Å². The molecule has 0 spiro atoms. The Morgan fingerprint density at radius 3 is 1.69 bits per heavy atom. The highest BCUT2D eigenvalue weighted by molar-refractivity contribution is 7.93. The first-order valence-corrected chi connectivity index (χ1v) is 8.15. The zero-order chi connectivity index (χ0) is 13.0. The lowest BCUT2D eigenvalue weighted by molar-refractivity contribution is 0.145. The summed E-state index contributed by atoms with van der Waals surface area (Å²) in [4.78, 5) is 0. The van der Waals surface area contributed by atoms with Crippen LogP contribution in [0, 0.1) is 0 Å². The molecular weight excluding hydrogens is 255 g/mol. The van der Waals surface area contributed by atoms with E-state index in [0.29, 0.717) is 0 Å². The molecule has 0 aliphatic carbocycles. The van der Waals surface area contributed by atoms with Crippen molar-refractivity contribution in [1.82, 2.24) is 0 Å². The zero-order valence-corrected chi connectivity index (χ0v) is 11.9. The van der Waals surface area contributed by atoms with E-state index in [4.69, 9.17) is 9.05 Å². The van der Waals surface area contributed by atoms with E-state index in [1.165, 1.54) is 0 Å². The molecule has 0 N–H and O–H groups in total. The minimum Gasteiger partial charge on any atom is -0.305 e. The first-order valence-electron chi connectivity index (χ1n) is 4.84. The Labute approximate surface area is 96.9 Å². The van der Waals surface area contributed by atoms with Crippen LogP contribution in [0.4, 0.5) is 0 Å². The van der Waals surface area contributed by atoms with Gasteiger partial charge in [0.05, 0.1) is 19.3 Å². The van der Waals surface area contributed by atoms with Crippen LogP contribution in [0.5, 0.6) is 0 Å². The molecule has 0 saturated carbocycles. The van der Waals surface area contributed by atoms with Gasteiger partial charge in [0.15, 0.2) is 5.49 Å². The Morgan fingerprint density at radius 1 is 1.06 bits per heavy atom. The van der Waals surface area contributed by atoms with Gasteiger partial charge in [-0.2, -0.15) is 8.42 Å². The van der Waals surface area contributed by atoms with Crippen LogP contribution in [-0.4, -0.2) is 33.2 Å². The molecule has 0 aromatic carbocycles. The highest BCUT2D eigenvalue weighted by Crippen LogP contribution is 2.51. The largest absolute Gasteiger partial charge is 0.348 e. The predicted molar refractivity (Wildman–Crippen MR) is 60.8 cm³/mol. The summed E-state index contributed by atoms with van der Waals surface area (Å²) in [6, 6.07) is 0. The Bertz CT molecular complexity index is 334. The third-order valence-electron chi connectivity index (χ3n) is 1.31. The van der Waals surface area contributed by atoms with Gasteiger partial charge in [-0.1, -0.05) is 0 Å². The third-order valence-corrected chi connectivity index (χ3v) is 5.84. The lowest BCUT2D eigenvalue weighted by Crippen LogP contribution is -2.16. The molecule has 0 saturated heterocycles. The molecule has 0 bridgehead atoms. The Balaban J connectivity index is 4.88. The molecule has 0 aliphatic rings. The van der Waals surface area contributed by atoms with Gasteiger partial charge in [-0.15, -0.1) is 0 Å². The monoisotopic (exact) mass is 274 g/mol. The molecule has 0 atom stereocenters. The molecule has 0 radical (unpaired) electrons. The normalized spacial score (nSPS) is 13.7. The van der Waals surface area contributed by atoms with Crippen LogP contribution < -0.4 is 0 Å². The first-order chi connectivity index (χ1) is 7.10. The predicted octanol–water partition coefficient (Wildman–Crippen LogP) is 1.96. The summed E-state index contributed by atoms with van der Waals surface area (Å²) in [6.45, 7) is 6.59. The van der Waals surface area contributed by atoms with E-state index in [9.17, 15) is 13.0 Å². The van der Waals surface area contributed by atoms with E-state index in [-0.39, 0.29) is 0 Å². The summed E-state index contributed by atoms with van der Waals surface area (Å²) >= 11 is 0. The molecule has 0 heterocycles. The van der Waals surface area contributed by atoms with Crippen LogP contribution in [0.3, 0.4) is 0 Å². The highest BCUT2D eigenvalue weighted by atomic mass is 32.2. The summed E-state index contributed by atoms with van der Waals surface area (Å²) in [6.07, 6.45) is -0.784. The maximum absolute atomic E-state index is 12.1. The summed E-state index contributed by atoms with van der Waals surface area (Å²) in [5.74, 6) is 0. The molecule has 0 unspecified atom stereocenters. The lowest BCUT2D eigenvalue weighted by atomic mass is 10.5. The highest BCUT2D eigenvalue weighted by Gasteiger charge is 2.34. The minimum absolute atomic E-state index is 0.392. The van der Waals surface area contributed by atoms with E-state index in [1.54, 1.807) is 27.7 Å². The van der Waals surface area contributed by atoms with Crippen molar-refractivity contribution in [2.24, 2.45) is 0 Å². The molecule has 0 aromatic heterocycles. The van der Waals surface area contributed by atoms with Gasteiger partial charge in [-0.05, 0) is 27.7 Å². The molecule has 6 nitrogen and oxygen atoms in total. The zero-order valence-electron chi connectivity index (χ0n) is 10.2. The summed E-state index contributed by atoms with van der Waals surface area (Å²) in [5.41, 5.74) is -0.771. The van der Waals surface area contributed by atoms with Gasteiger partial charge in [0.25, 0.3) is 10.1 Å². The van der Waals surface area contributed by atoms with Crippen molar-refractivity contribution in [2.75, 3.05) is 12.6 Å². The average Bonchev–Trinajstić information content (AvgIpc) is 1.98. The molecule has 0 aliphatic heterocycles. The van der Waals surface area contributed by atoms with Crippen LogP contribution in [0.15, 0.2) is 0 Å². The molecular formula is C8H19O6PS. The molecule has 0 fully saturated rings. The SMILES string of the molecule is COS(=O)(=O)CP(=O)(OC(C)C)OC(C)C. The summed E-state index contributed by atoms with van der Waals surface area (Å²) in [7, 11) is -6.56. The average molecular weight is 274 g/mol. The van der Waals surface area contributed by atoms with Crippen molar-refractivity contribution >= 4 is 17.7 Å². The van der Waals surface area contributed by atoms with Crippen LogP contribution in [0.1, 0.15) is 27.7 Å². The lowest BCUT2D eigenvalue weighted by Gasteiger charge is -2.21. The minimum atomic E-state index is -3.88. The first kappa shape index (κ1) is 16.1. The van der Waals surface area contributed by atoms with Crippen molar-refractivity contribution in [3.8, 4) is 0 Å². The van der Waals surface area contributed by atoms with Gasteiger partial charge < -0.3 is 9.05 Å². The fourth-order valence-electron chi connectivity index (χ4n) is 0.974. The maximum Gasteiger partial charge on any atom is 0.348 e. The van der Waals surface area contributed by atoms with Gasteiger partial charge in [-0.3, -0.25) is 8.75 Å². The molecule has 0 aromatic rings. The van der Waals surface area contributed by atoms with Crippen molar-refractivity contribution in [3.63, 3.8) is 0 Å². The maximum atomic E-state index is 12.1. The fourth-order valence-corrected chi connectivity index (χ4v) is 4.77. The number of rotatable bonds is 7. The molecule has 0 amide bonds. The van der Waals surface area contributed by atoms with Crippen molar-refractivity contribution in [2.45, 2.75) is 39.9 Å². The van der Waals surface area contributed by atoms with E-state index in [0.717, 1.165) is 7.11 Å². The van der Waals surface area contributed by atoms with E-state index < -0.39 is 35.4 Å². The van der Waals surface area contributed by atoms with Crippen molar-refractivity contribution in [1.29, 1.82) is 0 Å². The van der Waals surface area contributed by atoms with Crippen molar-refractivity contribution in [3.05, 3.63) is 0 Å². The Kier molecular flexibility index (Phi) is 6.14. The van der Waals surface area contributed by atoms with E-state index in [1.807, 2.05) is 0 Å². The quantitative estimate of drug-likeness (QED) is 0.521. The molecule has 98 valence electrons. The number of hydrogen-bond donors (Lipinski definition) is 0. The Hall–Kier alpha value is 0.0600. The van der Waals surface area contributed by atoms with Gasteiger partial charge in [-0.25, -0.2) is 0 Å². The third kappa shape index (κ3) is 6.60. The van der Waals surface area contributed by atoms with Gasteiger partial charge in [0, 0.05) is 0 Å². The second-order valence-electron chi connectivity index (χ2n) is 3.77. The molecule has 0 rings (SSSR count). The summed E-state index contributed by atoms with van der Waals surface area (Å²) in [5, 5.41) is 0. The van der Waals surface area contributed by atoms with Crippen LogP contribution in [0.25, 0.3) is 0 Å². The topological polar surface area (TPSA) is 78.9 Å². The second-order valence-corrected chi connectivity index (χ2v) is 7.90. The molecule has 16 heavy (non-hydrogen) atoms. The van der Waals surface area contributed by atoms with Crippen LogP contribution in [0.2, 0.25) is 0 Å². The Morgan fingerprint density at radius 2 is 1.44 bits per heavy atom. The van der Waals surface area contributed by atoms with E-state index in [2.05, 4.69) is 4.18 Å². The van der Waals surface area contributed by atoms with Gasteiger partial charge >= 0.3 is 7.60 Å². The van der Waals surface area contributed by atoms with Crippen molar-refractivity contribution < 1.29 is 26.2 Å². The number of hydrogen-bond acceptors (Lipinski definition) is 6. The smallest absolute Gasteiger partial charge is 0.305 e.